The summed E-state index contributed by atoms with van der Waals surface area (Å²) in [6.45, 7) is 7.01. The normalized spacial score (nSPS) is 14.8. The van der Waals surface area contributed by atoms with Gasteiger partial charge in [0.15, 0.2) is 16.3 Å². The van der Waals surface area contributed by atoms with Crippen LogP contribution in [0, 0.1) is 0 Å². The number of nitrogens with zero attached hydrogens (tertiary/aromatic N) is 2. The van der Waals surface area contributed by atoms with Crippen LogP contribution in [0.3, 0.4) is 0 Å². The standard InChI is InChI=1S/C28H26N2O7S/c1-6-13-36-20-10-7-18(8-11-20)14-23-26(32)30-25(24(27(33)35-5)16(2)29-28(30)38-23)19-9-12-21(37-17(3)31)22(15-19)34-4/h6-12,14-15,25H,1,13H2,2-5H3. The molecule has 1 aliphatic rings. The Balaban J connectivity index is 1.87. The number of fused-ring (bicyclic) bond motifs is 1. The number of aromatic nitrogens is 1. The summed E-state index contributed by atoms with van der Waals surface area (Å²) in [5, 5.41) is 0. The van der Waals surface area contributed by atoms with Crippen molar-refractivity contribution in [1.82, 2.24) is 4.57 Å². The van der Waals surface area contributed by atoms with Gasteiger partial charge in [-0.25, -0.2) is 9.79 Å². The fraction of sp³-hybridized carbons (Fsp3) is 0.214. The Kier molecular flexibility index (Phi) is 7.92. The van der Waals surface area contributed by atoms with E-state index in [1.54, 1.807) is 37.3 Å². The highest BCUT2D eigenvalue weighted by atomic mass is 32.1. The molecule has 1 aromatic heterocycles. The summed E-state index contributed by atoms with van der Waals surface area (Å²) in [6.07, 6.45) is 3.43. The van der Waals surface area contributed by atoms with Crippen LogP contribution in [-0.4, -0.2) is 37.3 Å². The third-order valence-corrected chi connectivity index (χ3v) is 6.71. The quantitative estimate of drug-likeness (QED) is 0.249. The molecule has 3 aromatic rings. The zero-order chi connectivity index (χ0) is 27.4. The van der Waals surface area contributed by atoms with Gasteiger partial charge in [0.25, 0.3) is 5.56 Å². The van der Waals surface area contributed by atoms with Crippen LogP contribution in [0.4, 0.5) is 0 Å². The molecule has 0 saturated carbocycles. The molecule has 0 amide bonds. The number of ether oxygens (including phenoxy) is 4. The van der Waals surface area contributed by atoms with Gasteiger partial charge in [-0.1, -0.05) is 42.2 Å². The molecule has 0 aliphatic carbocycles. The highest BCUT2D eigenvalue weighted by molar-refractivity contribution is 7.07. The van der Waals surface area contributed by atoms with Crippen LogP contribution in [0.15, 0.2) is 76.2 Å². The van der Waals surface area contributed by atoms with E-state index in [0.717, 1.165) is 5.56 Å². The number of thiazole rings is 1. The first-order chi connectivity index (χ1) is 18.3. The zero-order valence-electron chi connectivity index (χ0n) is 21.3. The summed E-state index contributed by atoms with van der Waals surface area (Å²) in [6, 6.07) is 11.3. The second-order valence-electron chi connectivity index (χ2n) is 8.25. The Bertz CT molecular complexity index is 1610. The van der Waals surface area contributed by atoms with Gasteiger partial charge >= 0.3 is 11.9 Å². The van der Waals surface area contributed by atoms with Crippen molar-refractivity contribution in [2.75, 3.05) is 20.8 Å². The highest BCUT2D eigenvalue weighted by Crippen LogP contribution is 2.36. The second-order valence-corrected chi connectivity index (χ2v) is 9.26. The molecule has 0 fully saturated rings. The molecule has 0 N–H and O–H groups in total. The Labute approximate surface area is 222 Å². The summed E-state index contributed by atoms with van der Waals surface area (Å²) >= 11 is 1.22. The molecule has 9 nitrogen and oxygen atoms in total. The van der Waals surface area contributed by atoms with Crippen molar-refractivity contribution in [3.05, 3.63) is 97.2 Å². The van der Waals surface area contributed by atoms with E-state index in [4.69, 9.17) is 18.9 Å². The molecular formula is C28H26N2O7S. The van der Waals surface area contributed by atoms with E-state index in [-0.39, 0.29) is 22.6 Å². The molecule has 4 rings (SSSR count). The summed E-state index contributed by atoms with van der Waals surface area (Å²) in [7, 11) is 2.71. The van der Waals surface area contributed by atoms with E-state index < -0.39 is 18.0 Å². The minimum absolute atomic E-state index is 0.219. The summed E-state index contributed by atoms with van der Waals surface area (Å²) < 4.78 is 23.1. The van der Waals surface area contributed by atoms with Gasteiger partial charge in [-0.3, -0.25) is 14.2 Å². The van der Waals surface area contributed by atoms with Crippen LogP contribution in [0.1, 0.15) is 31.0 Å². The average Bonchev–Trinajstić information content (AvgIpc) is 3.21. The monoisotopic (exact) mass is 534 g/mol. The van der Waals surface area contributed by atoms with Crippen molar-refractivity contribution in [3.63, 3.8) is 0 Å². The van der Waals surface area contributed by atoms with Crippen molar-refractivity contribution in [2.45, 2.75) is 19.9 Å². The van der Waals surface area contributed by atoms with Crippen LogP contribution in [0.5, 0.6) is 17.2 Å². The first-order valence-electron chi connectivity index (χ1n) is 11.6. The van der Waals surface area contributed by atoms with E-state index in [0.29, 0.717) is 33.0 Å². The van der Waals surface area contributed by atoms with Crippen LogP contribution < -0.4 is 29.1 Å². The predicted octanol–water partition coefficient (Wildman–Crippen LogP) is 2.91. The smallest absolute Gasteiger partial charge is 0.338 e. The predicted molar refractivity (Wildman–Crippen MR) is 142 cm³/mol. The van der Waals surface area contributed by atoms with Gasteiger partial charge in [-0.05, 0) is 48.4 Å². The molecule has 2 aromatic carbocycles. The van der Waals surface area contributed by atoms with Crippen LogP contribution in [0.2, 0.25) is 0 Å². The molecule has 1 unspecified atom stereocenters. The van der Waals surface area contributed by atoms with E-state index >= 15 is 0 Å². The highest BCUT2D eigenvalue weighted by Gasteiger charge is 2.33. The number of hydrogen-bond acceptors (Lipinski definition) is 9. The Morgan fingerprint density at radius 3 is 2.50 bits per heavy atom. The molecule has 0 radical (unpaired) electrons. The number of benzene rings is 2. The number of allylic oxidation sites excluding steroid dienone is 1. The number of carbonyl (C=O) groups excluding carboxylic acids is 2. The van der Waals surface area contributed by atoms with Gasteiger partial charge in [0, 0.05) is 6.92 Å². The van der Waals surface area contributed by atoms with E-state index in [1.165, 1.54) is 37.0 Å². The SMILES string of the molecule is C=CCOc1ccc(C=c2sc3n(c2=O)C(c2ccc(OC(C)=O)c(OC)c2)C(C(=O)OC)=C(C)N=3)cc1. The second kappa shape index (κ2) is 11.3. The van der Waals surface area contributed by atoms with Crippen LogP contribution in [-0.2, 0) is 14.3 Å². The first kappa shape index (κ1) is 26.6. The molecule has 1 aliphatic heterocycles. The fourth-order valence-corrected chi connectivity index (χ4v) is 5.11. The van der Waals surface area contributed by atoms with Gasteiger partial charge in [0.05, 0.1) is 36.1 Å². The lowest BCUT2D eigenvalue weighted by atomic mass is 9.95. The lowest BCUT2D eigenvalue weighted by molar-refractivity contribution is -0.136. The largest absolute Gasteiger partial charge is 0.493 e. The maximum atomic E-state index is 13.7. The number of rotatable bonds is 8. The van der Waals surface area contributed by atoms with Gasteiger partial charge < -0.3 is 18.9 Å². The third-order valence-electron chi connectivity index (χ3n) is 5.73. The Hall–Kier alpha value is -4.44. The minimum Gasteiger partial charge on any atom is -0.493 e. The molecule has 10 heteroatoms. The summed E-state index contributed by atoms with van der Waals surface area (Å²) in [5.41, 5.74) is 1.69. The average molecular weight is 535 g/mol. The van der Waals surface area contributed by atoms with Crippen molar-refractivity contribution in [1.29, 1.82) is 0 Å². The summed E-state index contributed by atoms with van der Waals surface area (Å²) in [4.78, 5) is 43.1. The maximum Gasteiger partial charge on any atom is 0.338 e. The number of hydrogen-bond donors (Lipinski definition) is 0. The number of carbonyl (C=O) groups is 2. The number of esters is 2. The lowest BCUT2D eigenvalue weighted by Gasteiger charge is -2.25. The first-order valence-corrected chi connectivity index (χ1v) is 12.4. The molecule has 196 valence electrons. The van der Waals surface area contributed by atoms with E-state index in [2.05, 4.69) is 11.6 Å². The molecule has 0 bridgehead atoms. The topological polar surface area (TPSA) is 105 Å². The van der Waals surface area contributed by atoms with E-state index in [9.17, 15) is 14.4 Å². The van der Waals surface area contributed by atoms with Crippen molar-refractivity contribution in [2.24, 2.45) is 4.99 Å². The third kappa shape index (κ3) is 5.30. The van der Waals surface area contributed by atoms with Crippen molar-refractivity contribution < 1.29 is 28.5 Å². The fourth-order valence-electron chi connectivity index (χ4n) is 4.07. The molecular weight excluding hydrogens is 508 g/mol. The minimum atomic E-state index is -0.837. The Morgan fingerprint density at radius 1 is 1.13 bits per heavy atom. The summed E-state index contributed by atoms with van der Waals surface area (Å²) in [5.74, 6) is 0.0708. The van der Waals surface area contributed by atoms with Gasteiger partial charge in [-0.15, -0.1) is 0 Å². The van der Waals surface area contributed by atoms with Gasteiger partial charge in [0.2, 0.25) is 0 Å². The molecule has 38 heavy (non-hydrogen) atoms. The van der Waals surface area contributed by atoms with Crippen molar-refractivity contribution >= 4 is 29.4 Å². The van der Waals surface area contributed by atoms with Crippen molar-refractivity contribution in [3.8, 4) is 17.2 Å². The Morgan fingerprint density at radius 2 is 1.87 bits per heavy atom. The van der Waals surface area contributed by atoms with Gasteiger partial charge in [0.1, 0.15) is 12.4 Å². The maximum absolute atomic E-state index is 13.7. The molecule has 0 saturated heterocycles. The molecule has 1 atom stereocenters. The molecule has 0 spiro atoms. The van der Waals surface area contributed by atoms with Crippen LogP contribution in [0.25, 0.3) is 6.08 Å². The molecule has 2 heterocycles. The van der Waals surface area contributed by atoms with Crippen LogP contribution >= 0.6 is 11.3 Å². The number of methoxy groups -OCH3 is 2. The van der Waals surface area contributed by atoms with E-state index in [1.807, 2.05) is 24.3 Å². The zero-order valence-corrected chi connectivity index (χ0v) is 22.2. The lowest BCUT2D eigenvalue weighted by Crippen LogP contribution is -2.39. The van der Waals surface area contributed by atoms with Gasteiger partial charge in [-0.2, -0.15) is 0 Å².